The molecular weight excluding hydrogens is 326 g/mol. The van der Waals surface area contributed by atoms with Crippen LogP contribution in [0.1, 0.15) is 36.7 Å². The Balaban J connectivity index is 3.11. The fourth-order valence-corrected chi connectivity index (χ4v) is 2.63. The lowest BCUT2D eigenvalue weighted by Crippen LogP contribution is -2.40. The zero-order valence-electron chi connectivity index (χ0n) is 14.9. The van der Waals surface area contributed by atoms with Gasteiger partial charge in [-0.2, -0.15) is 0 Å². The van der Waals surface area contributed by atoms with Crippen molar-refractivity contribution in [3.63, 3.8) is 0 Å². The topological polar surface area (TPSA) is 78.7 Å². The summed E-state index contributed by atoms with van der Waals surface area (Å²) in [6, 6.07) is 4.15. The van der Waals surface area contributed by atoms with Gasteiger partial charge in [-0.05, 0) is 29.8 Å². The average molecular weight is 351 g/mol. The van der Waals surface area contributed by atoms with Crippen molar-refractivity contribution in [3.05, 3.63) is 52.1 Å². The number of hydrogen-bond acceptors (Lipinski definition) is 5. The van der Waals surface area contributed by atoms with Gasteiger partial charge in [0.2, 0.25) is 0 Å². The number of nitrogens with zero attached hydrogens (tertiary/aromatic N) is 1. The van der Waals surface area contributed by atoms with Crippen LogP contribution in [0.25, 0.3) is 0 Å². The third kappa shape index (κ3) is 5.00. The summed E-state index contributed by atoms with van der Waals surface area (Å²) in [5, 5.41) is 11.0. The first-order valence-corrected chi connectivity index (χ1v) is 10.6. The zero-order valence-corrected chi connectivity index (χ0v) is 15.9. The lowest BCUT2D eigenvalue weighted by Gasteiger charge is -2.36. The number of esters is 1. The Morgan fingerprint density at radius 3 is 2.50 bits per heavy atom. The molecule has 0 radical (unpaired) electrons. The monoisotopic (exact) mass is 351 g/mol. The van der Waals surface area contributed by atoms with Crippen LogP contribution in [0, 0.1) is 10.1 Å². The van der Waals surface area contributed by atoms with Crippen LogP contribution in [0.15, 0.2) is 30.9 Å². The minimum Gasteiger partial charge on any atom is -0.458 e. The predicted octanol–water partition coefficient (Wildman–Crippen LogP) is 4.46. The van der Waals surface area contributed by atoms with Crippen molar-refractivity contribution in [2.24, 2.45) is 0 Å². The van der Waals surface area contributed by atoms with E-state index in [2.05, 4.69) is 40.4 Å². The molecular formula is C17H25NO5Si. The Kier molecular flexibility index (Phi) is 6.45. The van der Waals surface area contributed by atoms with E-state index in [1.54, 1.807) is 6.07 Å². The van der Waals surface area contributed by atoms with Gasteiger partial charge in [0, 0.05) is 12.1 Å². The van der Waals surface area contributed by atoms with E-state index in [0.717, 1.165) is 0 Å². The van der Waals surface area contributed by atoms with Gasteiger partial charge in [-0.15, -0.1) is 0 Å². The van der Waals surface area contributed by atoms with Crippen molar-refractivity contribution in [3.8, 4) is 0 Å². The quantitative estimate of drug-likeness (QED) is 0.238. The minimum atomic E-state index is -2.01. The number of nitro benzene ring substituents is 1. The molecule has 7 heteroatoms. The maximum atomic E-state index is 12.2. The first kappa shape index (κ1) is 20.1. The summed E-state index contributed by atoms with van der Waals surface area (Å²) in [5.41, 5.74) is 0.584. The Morgan fingerprint density at radius 1 is 1.38 bits per heavy atom. The van der Waals surface area contributed by atoms with E-state index in [1.807, 2.05) is 0 Å². The predicted molar refractivity (Wildman–Crippen MR) is 95.6 cm³/mol. The Bertz CT molecular complexity index is 634. The summed E-state index contributed by atoms with van der Waals surface area (Å²) in [5.74, 6) is -0.618. The van der Waals surface area contributed by atoms with Crippen molar-refractivity contribution >= 4 is 20.0 Å². The number of carbonyl (C=O) groups is 1. The normalized spacial score (nSPS) is 11.9. The number of hydrogen-bond donors (Lipinski definition) is 0. The Morgan fingerprint density at radius 2 is 2.00 bits per heavy atom. The molecule has 0 unspecified atom stereocenters. The molecule has 1 aromatic carbocycles. The minimum absolute atomic E-state index is 0.0251. The van der Waals surface area contributed by atoms with Gasteiger partial charge in [-0.1, -0.05) is 33.4 Å². The maximum absolute atomic E-state index is 12.2. The van der Waals surface area contributed by atoms with Gasteiger partial charge in [-0.3, -0.25) is 10.1 Å². The molecule has 0 aliphatic carbocycles. The Labute approximate surface area is 143 Å². The summed E-state index contributed by atoms with van der Waals surface area (Å²) in [4.78, 5) is 22.6. The standard InChI is InChI=1S/C17H25NO5Si/c1-7-10-22-16(19)15-11-14(18(20)21)9-8-13(15)12-23-24(5,6)17(2,3)4/h7-9,11H,1,10,12H2,2-6H3. The lowest BCUT2D eigenvalue weighted by atomic mass is 10.1. The number of ether oxygens (including phenoxy) is 1. The van der Waals surface area contributed by atoms with Crippen LogP contribution in [0.5, 0.6) is 0 Å². The third-order valence-electron chi connectivity index (χ3n) is 4.25. The molecule has 0 saturated heterocycles. The molecule has 0 aliphatic rings. The van der Waals surface area contributed by atoms with Crippen LogP contribution in [-0.2, 0) is 15.8 Å². The van der Waals surface area contributed by atoms with Gasteiger partial charge < -0.3 is 9.16 Å². The van der Waals surface area contributed by atoms with Crippen molar-refractivity contribution in [2.75, 3.05) is 6.61 Å². The molecule has 0 aromatic heterocycles. The van der Waals surface area contributed by atoms with E-state index in [1.165, 1.54) is 18.2 Å². The second-order valence-corrected chi connectivity index (χ2v) is 11.8. The summed E-state index contributed by atoms with van der Waals surface area (Å²) >= 11 is 0. The highest BCUT2D eigenvalue weighted by Gasteiger charge is 2.37. The number of nitro groups is 1. The van der Waals surface area contributed by atoms with Crippen LogP contribution < -0.4 is 0 Å². The lowest BCUT2D eigenvalue weighted by molar-refractivity contribution is -0.384. The molecule has 0 N–H and O–H groups in total. The molecule has 0 bridgehead atoms. The molecule has 0 spiro atoms. The summed E-state index contributed by atoms with van der Waals surface area (Å²) in [6.07, 6.45) is 1.45. The van der Waals surface area contributed by atoms with E-state index in [-0.39, 0.29) is 29.5 Å². The highest BCUT2D eigenvalue weighted by molar-refractivity contribution is 6.74. The molecule has 6 nitrogen and oxygen atoms in total. The first-order chi connectivity index (χ1) is 11.0. The molecule has 132 valence electrons. The third-order valence-corrected chi connectivity index (χ3v) is 8.73. The maximum Gasteiger partial charge on any atom is 0.339 e. The molecule has 0 fully saturated rings. The SMILES string of the molecule is C=CCOC(=O)c1cc([N+](=O)[O-])ccc1CO[Si](C)(C)C(C)(C)C. The highest BCUT2D eigenvalue weighted by atomic mass is 28.4. The van der Waals surface area contributed by atoms with Crippen molar-refractivity contribution in [1.29, 1.82) is 0 Å². The number of carbonyl (C=O) groups excluding carboxylic acids is 1. The fraction of sp³-hybridized carbons (Fsp3) is 0.471. The van der Waals surface area contributed by atoms with Gasteiger partial charge >= 0.3 is 5.97 Å². The van der Waals surface area contributed by atoms with Gasteiger partial charge in [0.25, 0.3) is 5.69 Å². The van der Waals surface area contributed by atoms with Crippen LogP contribution in [0.4, 0.5) is 5.69 Å². The highest BCUT2D eigenvalue weighted by Crippen LogP contribution is 2.37. The van der Waals surface area contributed by atoms with Crippen molar-refractivity contribution in [1.82, 2.24) is 0 Å². The zero-order chi connectivity index (χ0) is 18.5. The second kappa shape index (κ2) is 7.72. The summed E-state index contributed by atoms with van der Waals surface area (Å²) in [6.45, 7) is 14.3. The number of rotatable bonds is 7. The molecule has 0 atom stereocenters. The molecule has 0 aliphatic heterocycles. The van der Waals surface area contributed by atoms with Gasteiger partial charge in [-0.25, -0.2) is 4.79 Å². The van der Waals surface area contributed by atoms with Gasteiger partial charge in [0.1, 0.15) is 6.61 Å². The van der Waals surface area contributed by atoms with Crippen LogP contribution in [-0.4, -0.2) is 25.8 Å². The average Bonchev–Trinajstić information content (AvgIpc) is 2.49. The first-order valence-electron chi connectivity index (χ1n) is 7.69. The van der Waals surface area contributed by atoms with Crippen LogP contribution in [0.2, 0.25) is 18.1 Å². The van der Waals surface area contributed by atoms with E-state index < -0.39 is 19.2 Å². The largest absolute Gasteiger partial charge is 0.458 e. The van der Waals surface area contributed by atoms with Crippen molar-refractivity contribution in [2.45, 2.75) is 45.5 Å². The summed E-state index contributed by atoms with van der Waals surface area (Å²) in [7, 11) is -2.01. The van der Waals surface area contributed by atoms with E-state index in [9.17, 15) is 14.9 Å². The number of non-ortho nitro benzene ring substituents is 1. The van der Waals surface area contributed by atoms with E-state index in [0.29, 0.717) is 5.56 Å². The smallest absolute Gasteiger partial charge is 0.339 e. The van der Waals surface area contributed by atoms with Crippen molar-refractivity contribution < 1.29 is 18.9 Å². The molecule has 0 heterocycles. The van der Waals surface area contributed by atoms with Crippen LogP contribution in [0.3, 0.4) is 0 Å². The Hall–Kier alpha value is -1.99. The number of benzene rings is 1. The van der Waals surface area contributed by atoms with Gasteiger partial charge in [0.05, 0.1) is 17.1 Å². The molecule has 24 heavy (non-hydrogen) atoms. The van der Waals surface area contributed by atoms with E-state index >= 15 is 0 Å². The van der Waals surface area contributed by atoms with Crippen LogP contribution >= 0.6 is 0 Å². The molecule has 1 rings (SSSR count). The van der Waals surface area contributed by atoms with Gasteiger partial charge in [0.15, 0.2) is 8.32 Å². The molecule has 1 aromatic rings. The van der Waals surface area contributed by atoms with E-state index in [4.69, 9.17) is 9.16 Å². The molecule has 0 saturated carbocycles. The summed E-state index contributed by atoms with van der Waals surface area (Å²) < 4.78 is 11.1. The second-order valence-electron chi connectivity index (χ2n) is 7.03. The molecule has 0 amide bonds. The fourth-order valence-electron chi connectivity index (χ4n) is 1.68.